The van der Waals surface area contributed by atoms with Gasteiger partial charge in [-0.3, -0.25) is 4.98 Å². The van der Waals surface area contributed by atoms with E-state index >= 15 is 0 Å². The maximum Gasteiger partial charge on any atom is 0.342 e. The van der Waals surface area contributed by atoms with Crippen molar-refractivity contribution in [3.8, 4) is 5.75 Å². The van der Waals surface area contributed by atoms with E-state index in [1.807, 2.05) is 12.1 Å². The molecule has 1 N–H and O–H groups in total. The van der Waals surface area contributed by atoms with Gasteiger partial charge in [0.25, 0.3) is 0 Å². The molecule has 0 aliphatic carbocycles. The molecular weight excluding hydrogens is 249 g/mol. The molecule has 1 aromatic heterocycles. The molecule has 2 rings (SSSR count). The number of ether oxygens (including phenoxy) is 1. The first kappa shape index (κ1) is 13.0. The van der Waals surface area contributed by atoms with Crippen LogP contribution in [-0.4, -0.2) is 22.7 Å². The molecule has 0 spiro atoms. The van der Waals surface area contributed by atoms with E-state index < -0.39 is 17.3 Å². The lowest BCUT2D eigenvalue weighted by Crippen LogP contribution is -2.08. The number of nitrogens with zero attached hydrogens (tertiary/aromatic N) is 1. The van der Waals surface area contributed by atoms with Crippen LogP contribution in [0.2, 0.25) is 0 Å². The van der Waals surface area contributed by atoms with Crippen molar-refractivity contribution in [3.63, 3.8) is 0 Å². The monoisotopic (exact) mass is 261 g/mol. The largest absolute Gasteiger partial charge is 0.492 e. The molecule has 0 saturated heterocycles. The fraction of sp³-hybridized carbons (Fsp3) is 0.143. The third kappa shape index (κ3) is 3.28. The molecule has 0 amide bonds. The number of hydrogen-bond donors (Lipinski definition) is 1. The number of halogens is 1. The van der Waals surface area contributed by atoms with Crippen LogP contribution in [-0.2, 0) is 6.42 Å². The predicted octanol–water partition coefficient (Wildman–Crippen LogP) is 2.54. The van der Waals surface area contributed by atoms with Gasteiger partial charge in [-0.05, 0) is 24.3 Å². The lowest BCUT2D eigenvalue weighted by molar-refractivity contribution is 0.0687. The number of hydrogen-bond acceptors (Lipinski definition) is 3. The van der Waals surface area contributed by atoms with Crippen LogP contribution < -0.4 is 4.74 Å². The van der Waals surface area contributed by atoms with Gasteiger partial charge in [-0.25, -0.2) is 9.18 Å². The number of rotatable bonds is 5. The summed E-state index contributed by atoms with van der Waals surface area (Å²) >= 11 is 0. The van der Waals surface area contributed by atoms with Crippen LogP contribution in [0.15, 0.2) is 42.6 Å². The van der Waals surface area contributed by atoms with Gasteiger partial charge >= 0.3 is 5.97 Å². The topological polar surface area (TPSA) is 59.4 Å². The molecule has 5 heteroatoms. The summed E-state index contributed by atoms with van der Waals surface area (Å²) in [6, 6.07) is 9.44. The summed E-state index contributed by atoms with van der Waals surface area (Å²) < 4.78 is 18.7. The van der Waals surface area contributed by atoms with E-state index in [1.54, 1.807) is 12.3 Å². The first-order valence-corrected chi connectivity index (χ1v) is 5.73. The van der Waals surface area contributed by atoms with Crippen molar-refractivity contribution in [1.82, 2.24) is 4.98 Å². The zero-order valence-corrected chi connectivity index (χ0v) is 10.0. The van der Waals surface area contributed by atoms with E-state index in [0.29, 0.717) is 6.42 Å². The quantitative estimate of drug-likeness (QED) is 0.898. The maximum atomic E-state index is 13.4. The summed E-state index contributed by atoms with van der Waals surface area (Å²) in [5, 5.41) is 8.93. The highest BCUT2D eigenvalue weighted by molar-refractivity contribution is 5.91. The molecule has 0 unspecified atom stereocenters. The van der Waals surface area contributed by atoms with Gasteiger partial charge in [0.2, 0.25) is 0 Å². The summed E-state index contributed by atoms with van der Waals surface area (Å²) in [5.74, 6) is -2.11. The lowest BCUT2D eigenvalue weighted by Gasteiger charge is -2.09. The van der Waals surface area contributed by atoms with Gasteiger partial charge in [0.1, 0.15) is 17.1 Å². The molecular formula is C14H12FNO3. The molecule has 98 valence electrons. The Hall–Kier alpha value is -2.43. The summed E-state index contributed by atoms with van der Waals surface area (Å²) in [5.41, 5.74) is 0.388. The molecule has 19 heavy (non-hydrogen) atoms. The number of benzene rings is 1. The number of carboxylic acid groups (broad SMARTS) is 1. The predicted molar refractivity (Wildman–Crippen MR) is 66.8 cm³/mol. The van der Waals surface area contributed by atoms with Gasteiger partial charge in [0, 0.05) is 18.3 Å². The fourth-order valence-electron chi connectivity index (χ4n) is 1.64. The van der Waals surface area contributed by atoms with Crippen molar-refractivity contribution in [2.45, 2.75) is 6.42 Å². The van der Waals surface area contributed by atoms with E-state index in [1.165, 1.54) is 12.1 Å². The molecule has 0 fully saturated rings. The summed E-state index contributed by atoms with van der Waals surface area (Å²) in [4.78, 5) is 15.1. The average molecular weight is 261 g/mol. The van der Waals surface area contributed by atoms with Crippen LogP contribution >= 0.6 is 0 Å². The third-order valence-corrected chi connectivity index (χ3v) is 2.53. The zero-order valence-electron chi connectivity index (χ0n) is 10.0. The number of pyridine rings is 1. The van der Waals surface area contributed by atoms with Crippen molar-refractivity contribution in [3.05, 3.63) is 59.7 Å². The Balaban J connectivity index is 2.04. The summed E-state index contributed by atoms with van der Waals surface area (Å²) in [6.07, 6.45) is 2.19. The Bertz CT molecular complexity index is 572. The van der Waals surface area contributed by atoms with Gasteiger partial charge in [0.15, 0.2) is 0 Å². The zero-order chi connectivity index (χ0) is 13.7. The van der Waals surface area contributed by atoms with Crippen molar-refractivity contribution in [2.75, 3.05) is 6.61 Å². The van der Waals surface area contributed by atoms with Gasteiger partial charge in [-0.2, -0.15) is 0 Å². The molecule has 0 aliphatic rings. The molecule has 4 nitrogen and oxygen atoms in total. The molecule has 0 radical (unpaired) electrons. The smallest absolute Gasteiger partial charge is 0.342 e. The minimum Gasteiger partial charge on any atom is -0.492 e. The standard InChI is InChI=1S/C14H12FNO3/c15-11-5-3-6-12(13(11)14(17)18)19-9-7-10-4-1-2-8-16-10/h1-6,8H,7,9H2,(H,17,18). The minimum atomic E-state index is -1.34. The van der Waals surface area contributed by atoms with E-state index in [4.69, 9.17) is 9.84 Å². The van der Waals surface area contributed by atoms with Gasteiger partial charge in [-0.15, -0.1) is 0 Å². The maximum absolute atomic E-state index is 13.4. The summed E-state index contributed by atoms with van der Waals surface area (Å²) in [6.45, 7) is 0.237. The lowest BCUT2D eigenvalue weighted by atomic mass is 10.2. The van der Waals surface area contributed by atoms with Crippen LogP contribution in [0.1, 0.15) is 16.1 Å². The second kappa shape index (κ2) is 5.95. The van der Waals surface area contributed by atoms with Gasteiger partial charge in [0.05, 0.1) is 6.61 Å². The van der Waals surface area contributed by atoms with E-state index in [9.17, 15) is 9.18 Å². The normalized spacial score (nSPS) is 10.2. The highest BCUT2D eigenvalue weighted by Crippen LogP contribution is 2.21. The van der Waals surface area contributed by atoms with Crippen LogP contribution in [0, 0.1) is 5.82 Å². The van der Waals surface area contributed by atoms with E-state index in [0.717, 1.165) is 11.8 Å². The minimum absolute atomic E-state index is 0.0310. The molecule has 1 heterocycles. The van der Waals surface area contributed by atoms with Crippen molar-refractivity contribution in [2.24, 2.45) is 0 Å². The van der Waals surface area contributed by atoms with Gasteiger partial charge < -0.3 is 9.84 Å². The van der Waals surface area contributed by atoms with Crippen molar-refractivity contribution in [1.29, 1.82) is 0 Å². The first-order chi connectivity index (χ1) is 9.18. The van der Waals surface area contributed by atoms with Crippen molar-refractivity contribution < 1.29 is 19.0 Å². The second-order valence-electron chi connectivity index (χ2n) is 3.84. The summed E-state index contributed by atoms with van der Waals surface area (Å²) in [7, 11) is 0. The van der Waals surface area contributed by atoms with Crippen LogP contribution in [0.25, 0.3) is 0 Å². The van der Waals surface area contributed by atoms with Crippen LogP contribution in [0.5, 0.6) is 5.75 Å². The fourth-order valence-corrected chi connectivity index (χ4v) is 1.64. The molecule has 0 bridgehead atoms. The second-order valence-corrected chi connectivity index (χ2v) is 3.84. The number of aromatic nitrogens is 1. The first-order valence-electron chi connectivity index (χ1n) is 5.73. The SMILES string of the molecule is O=C(O)c1c(F)cccc1OCCc1ccccn1. The number of aromatic carboxylic acids is 1. The third-order valence-electron chi connectivity index (χ3n) is 2.53. The molecule has 2 aromatic rings. The Kier molecular flexibility index (Phi) is 4.07. The Morgan fingerprint density at radius 3 is 2.79 bits per heavy atom. The number of carboxylic acids is 1. The molecule has 0 saturated carbocycles. The Morgan fingerprint density at radius 1 is 1.26 bits per heavy atom. The Morgan fingerprint density at radius 2 is 2.11 bits per heavy atom. The highest BCUT2D eigenvalue weighted by Gasteiger charge is 2.16. The van der Waals surface area contributed by atoms with Crippen molar-refractivity contribution >= 4 is 5.97 Å². The average Bonchev–Trinajstić information content (AvgIpc) is 2.39. The van der Waals surface area contributed by atoms with E-state index in [2.05, 4.69) is 4.98 Å². The van der Waals surface area contributed by atoms with Crippen LogP contribution in [0.4, 0.5) is 4.39 Å². The van der Waals surface area contributed by atoms with E-state index in [-0.39, 0.29) is 12.4 Å². The van der Waals surface area contributed by atoms with Gasteiger partial charge in [-0.1, -0.05) is 12.1 Å². The highest BCUT2D eigenvalue weighted by atomic mass is 19.1. The Labute approximate surface area is 109 Å². The van der Waals surface area contributed by atoms with Crippen LogP contribution in [0.3, 0.4) is 0 Å². The molecule has 0 aliphatic heterocycles. The molecule has 0 atom stereocenters. The number of carbonyl (C=O) groups is 1. The molecule has 1 aromatic carbocycles.